The fourth-order valence-corrected chi connectivity index (χ4v) is 3.95. The zero-order valence-corrected chi connectivity index (χ0v) is 19.7. The van der Waals surface area contributed by atoms with Crippen molar-refractivity contribution >= 4 is 11.9 Å². The number of likely N-dealkylation sites (N-methyl/N-ethyl adjacent to an activating group) is 1. The molecule has 0 amide bonds. The van der Waals surface area contributed by atoms with E-state index in [-0.39, 0.29) is 5.41 Å². The first-order valence-electron chi connectivity index (χ1n) is 11.5. The molecule has 1 aromatic rings. The Bertz CT molecular complexity index is 959. The van der Waals surface area contributed by atoms with Gasteiger partial charge in [0, 0.05) is 55.0 Å². The number of aromatic nitrogens is 2. The molecular weight excluding hydrogens is 402 g/mol. The van der Waals surface area contributed by atoms with E-state index < -0.39 is 0 Å². The molecule has 1 aliphatic carbocycles. The Morgan fingerprint density at radius 1 is 1.28 bits per heavy atom. The van der Waals surface area contributed by atoms with Crippen LogP contribution in [0.3, 0.4) is 0 Å². The summed E-state index contributed by atoms with van der Waals surface area (Å²) in [5.74, 6) is 0. The average Bonchev–Trinajstić information content (AvgIpc) is 3.37. The number of nitrogens with two attached hydrogens (primary N) is 1. The topological polar surface area (TPSA) is 101 Å². The summed E-state index contributed by atoms with van der Waals surface area (Å²) in [7, 11) is 2.02. The van der Waals surface area contributed by atoms with Crippen LogP contribution in [0, 0.1) is 10.3 Å². The molecule has 2 N–H and O–H groups in total. The maximum absolute atomic E-state index is 10.7. The zero-order valence-electron chi connectivity index (χ0n) is 19.7. The van der Waals surface area contributed by atoms with Gasteiger partial charge in [0.25, 0.3) is 0 Å². The lowest BCUT2D eigenvalue weighted by Crippen LogP contribution is -2.24. The Labute approximate surface area is 190 Å². The predicted molar refractivity (Wildman–Crippen MR) is 131 cm³/mol. The van der Waals surface area contributed by atoms with E-state index in [2.05, 4.69) is 53.2 Å². The Hall–Kier alpha value is -3.03. The Morgan fingerprint density at radius 3 is 2.62 bits per heavy atom. The van der Waals surface area contributed by atoms with Crippen LogP contribution < -0.4 is 5.73 Å². The van der Waals surface area contributed by atoms with Crippen molar-refractivity contribution in [3.8, 4) is 0 Å². The molecule has 3 rings (SSSR count). The van der Waals surface area contributed by atoms with Gasteiger partial charge >= 0.3 is 0 Å². The lowest BCUT2D eigenvalue weighted by molar-refractivity contribution is 0.428. The van der Waals surface area contributed by atoms with E-state index in [9.17, 15) is 4.91 Å². The minimum Gasteiger partial charge on any atom is -0.404 e. The summed E-state index contributed by atoms with van der Waals surface area (Å²) in [6.45, 7) is 7.38. The third-order valence-electron chi connectivity index (χ3n) is 6.25. The normalized spacial score (nSPS) is 19.6. The van der Waals surface area contributed by atoms with Crippen molar-refractivity contribution in [2.24, 2.45) is 26.3 Å². The van der Waals surface area contributed by atoms with Crippen molar-refractivity contribution in [2.45, 2.75) is 58.9 Å². The number of allylic oxidation sites excluding steroid dienone is 3. The first-order chi connectivity index (χ1) is 15.5. The maximum Gasteiger partial charge on any atom is 0.0974 e. The van der Waals surface area contributed by atoms with Gasteiger partial charge in [0.05, 0.1) is 35.9 Å². The molecule has 8 nitrogen and oxygen atoms in total. The van der Waals surface area contributed by atoms with Crippen molar-refractivity contribution in [1.82, 2.24) is 14.7 Å². The molecule has 2 aliphatic rings. The first kappa shape index (κ1) is 23.6. The second-order valence-corrected chi connectivity index (χ2v) is 8.64. The summed E-state index contributed by atoms with van der Waals surface area (Å²) >= 11 is 0. The van der Waals surface area contributed by atoms with Crippen molar-refractivity contribution in [2.75, 3.05) is 20.1 Å². The van der Waals surface area contributed by atoms with Gasteiger partial charge in [-0.1, -0.05) is 32.0 Å². The van der Waals surface area contributed by atoms with E-state index in [0.29, 0.717) is 19.1 Å². The van der Waals surface area contributed by atoms with Gasteiger partial charge < -0.3 is 10.6 Å². The van der Waals surface area contributed by atoms with Gasteiger partial charge in [-0.3, -0.25) is 9.67 Å². The summed E-state index contributed by atoms with van der Waals surface area (Å²) in [6.07, 6.45) is 16.4. The van der Waals surface area contributed by atoms with Crippen molar-refractivity contribution in [3.05, 3.63) is 58.3 Å². The van der Waals surface area contributed by atoms with E-state index in [1.807, 2.05) is 24.1 Å². The van der Waals surface area contributed by atoms with Crippen molar-refractivity contribution < 1.29 is 0 Å². The average molecular weight is 438 g/mol. The third-order valence-corrected chi connectivity index (χ3v) is 6.25. The third kappa shape index (κ3) is 5.23. The minimum absolute atomic E-state index is 0.0508. The molecule has 2 heterocycles. The number of aliphatic imine (C=N–C) groups is 2. The second kappa shape index (κ2) is 10.5. The van der Waals surface area contributed by atoms with Crippen LogP contribution in [0.5, 0.6) is 0 Å². The lowest BCUT2D eigenvalue weighted by atomic mass is 10.1. The molecule has 0 saturated heterocycles. The predicted octanol–water partition coefficient (Wildman–Crippen LogP) is 4.57. The maximum atomic E-state index is 10.7. The molecule has 0 aromatic carbocycles. The van der Waals surface area contributed by atoms with Crippen LogP contribution in [0.2, 0.25) is 0 Å². The Balaban J connectivity index is 1.89. The molecule has 8 heteroatoms. The molecule has 172 valence electrons. The van der Waals surface area contributed by atoms with Gasteiger partial charge in [-0.25, -0.2) is 4.99 Å². The fourth-order valence-electron chi connectivity index (χ4n) is 3.95. The number of hydrogen-bond acceptors (Lipinski definition) is 7. The van der Waals surface area contributed by atoms with Gasteiger partial charge in [-0.15, -0.1) is 0 Å². The quantitative estimate of drug-likeness (QED) is 0.404. The van der Waals surface area contributed by atoms with Crippen molar-refractivity contribution in [3.63, 3.8) is 0 Å². The lowest BCUT2D eigenvalue weighted by Gasteiger charge is -2.26. The summed E-state index contributed by atoms with van der Waals surface area (Å²) < 4.78 is 2.04. The van der Waals surface area contributed by atoms with Crippen LogP contribution in [-0.4, -0.2) is 46.7 Å². The van der Waals surface area contributed by atoms with Gasteiger partial charge in [0.1, 0.15) is 0 Å². The summed E-state index contributed by atoms with van der Waals surface area (Å²) in [4.78, 5) is 22.3. The largest absolute Gasteiger partial charge is 0.404 e. The number of hydrogen-bond donors (Lipinski definition) is 1. The van der Waals surface area contributed by atoms with Gasteiger partial charge in [-0.05, 0) is 32.1 Å². The molecule has 1 fully saturated rings. The second-order valence-electron chi connectivity index (χ2n) is 8.64. The van der Waals surface area contributed by atoms with E-state index in [1.54, 1.807) is 6.21 Å². The zero-order chi connectivity index (χ0) is 23.1. The van der Waals surface area contributed by atoms with E-state index in [0.717, 1.165) is 60.3 Å². The Kier molecular flexibility index (Phi) is 7.77. The highest BCUT2D eigenvalue weighted by atomic mass is 16.3. The highest BCUT2D eigenvalue weighted by Crippen LogP contribution is 2.46. The molecule has 0 spiro atoms. The summed E-state index contributed by atoms with van der Waals surface area (Å²) in [6, 6.07) is 0.376. The van der Waals surface area contributed by atoms with Gasteiger partial charge in [-0.2, -0.15) is 10.0 Å². The molecular formula is C24H35N7O. The number of rotatable bonds is 11. The number of nitroso groups, excluding NO2 is 1. The summed E-state index contributed by atoms with van der Waals surface area (Å²) in [5.41, 5.74) is 10.3. The standard InChI is InChI=1S/C24H35N7O/c1-5-8-22-23(19-13-27-31(14-19)20(6-2)7-3)29-21(15-30(22)4)18(11-25)12-26-16-24(9-10-24)17-28-32/h8,11-15,20H,5-7,9-10,16-17,25H2,1-4H3/b18-11?,22-8-,26-12?. The highest BCUT2D eigenvalue weighted by Gasteiger charge is 2.42. The molecule has 0 bridgehead atoms. The van der Waals surface area contributed by atoms with E-state index in [4.69, 9.17) is 10.7 Å². The van der Waals surface area contributed by atoms with Crippen LogP contribution in [0.25, 0.3) is 0 Å². The number of nitrogens with zero attached hydrogens (tertiary/aromatic N) is 6. The van der Waals surface area contributed by atoms with E-state index >= 15 is 0 Å². The minimum atomic E-state index is -0.0508. The molecule has 1 aromatic heterocycles. The molecule has 32 heavy (non-hydrogen) atoms. The van der Waals surface area contributed by atoms with Crippen molar-refractivity contribution in [1.29, 1.82) is 0 Å². The summed E-state index contributed by atoms with van der Waals surface area (Å²) in [5, 5.41) is 7.68. The fraction of sp³-hybridized carbons (Fsp3) is 0.542. The van der Waals surface area contributed by atoms with Crippen LogP contribution in [0.4, 0.5) is 0 Å². The monoisotopic (exact) mass is 437 g/mol. The van der Waals surface area contributed by atoms with Gasteiger partial charge in [0.2, 0.25) is 0 Å². The SMILES string of the molecule is CC/C=C1/C(c2cnn(C(CC)CC)c2)=NC(C(C=NCC2(CN=O)CC2)=CN)=CN1C. The molecule has 0 radical (unpaired) electrons. The molecule has 0 unspecified atom stereocenters. The first-order valence-corrected chi connectivity index (χ1v) is 11.5. The van der Waals surface area contributed by atoms with Crippen LogP contribution in [0.1, 0.15) is 64.5 Å². The molecule has 1 saturated carbocycles. The highest BCUT2D eigenvalue weighted by molar-refractivity contribution is 6.13. The van der Waals surface area contributed by atoms with E-state index in [1.165, 1.54) is 6.20 Å². The molecule has 1 aliphatic heterocycles. The van der Waals surface area contributed by atoms with Gasteiger partial charge in [0.15, 0.2) is 0 Å². The molecule has 0 atom stereocenters. The smallest absolute Gasteiger partial charge is 0.0974 e. The Morgan fingerprint density at radius 2 is 2.03 bits per heavy atom. The van der Waals surface area contributed by atoms with Crippen LogP contribution in [-0.2, 0) is 0 Å². The van der Waals surface area contributed by atoms with Crippen LogP contribution in [0.15, 0.2) is 63.0 Å². The van der Waals surface area contributed by atoms with Crippen LogP contribution >= 0.6 is 0 Å².